The minimum Gasteiger partial charge on any atom is -0.353 e. The van der Waals surface area contributed by atoms with E-state index in [1.165, 1.54) is 24.3 Å². The van der Waals surface area contributed by atoms with Crippen LogP contribution in [0.5, 0.6) is 0 Å². The normalized spacial score (nSPS) is 20.6. The van der Waals surface area contributed by atoms with E-state index in [1.54, 1.807) is 14.0 Å². The van der Waals surface area contributed by atoms with Crippen LogP contribution in [0.3, 0.4) is 0 Å². The van der Waals surface area contributed by atoms with Crippen LogP contribution in [0.25, 0.3) is 0 Å². The SMILES string of the molecule is CN=C(NC(C)c1ccc(F)c(F)c1)NC1CC1c1c(F)cccc1F. The van der Waals surface area contributed by atoms with Crippen LogP contribution in [0.1, 0.15) is 36.4 Å². The molecule has 2 aromatic rings. The highest BCUT2D eigenvalue weighted by atomic mass is 19.2. The minimum absolute atomic E-state index is 0.0779. The van der Waals surface area contributed by atoms with Crippen molar-refractivity contribution in [3.8, 4) is 0 Å². The average molecular weight is 365 g/mol. The molecule has 2 aromatic carbocycles. The molecule has 0 heterocycles. The first-order valence-corrected chi connectivity index (χ1v) is 8.29. The van der Waals surface area contributed by atoms with Crippen molar-refractivity contribution >= 4 is 5.96 Å². The quantitative estimate of drug-likeness (QED) is 0.488. The van der Waals surface area contributed by atoms with Gasteiger partial charge in [0, 0.05) is 24.6 Å². The molecule has 0 saturated heterocycles. The Labute approximate surface area is 149 Å². The van der Waals surface area contributed by atoms with Crippen LogP contribution in [-0.2, 0) is 0 Å². The molecule has 1 aliphatic rings. The Hall–Kier alpha value is -2.57. The lowest BCUT2D eigenvalue weighted by molar-refractivity contribution is 0.504. The number of hydrogen-bond acceptors (Lipinski definition) is 1. The third-order valence-electron chi connectivity index (χ3n) is 4.50. The fourth-order valence-electron chi connectivity index (χ4n) is 2.96. The summed E-state index contributed by atoms with van der Waals surface area (Å²) in [7, 11) is 1.56. The van der Waals surface area contributed by atoms with Gasteiger partial charge in [0.15, 0.2) is 17.6 Å². The second-order valence-corrected chi connectivity index (χ2v) is 6.34. The van der Waals surface area contributed by atoms with E-state index < -0.39 is 23.3 Å². The van der Waals surface area contributed by atoms with Gasteiger partial charge in [0.1, 0.15) is 11.6 Å². The van der Waals surface area contributed by atoms with Crippen LogP contribution in [0.2, 0.25) is 0 Å². The number of aliphatic imine (C=N–C) groups is 1. The van der Waals surface area contributed by atoms with Gasteiger partial charge in [-0.2, -0.15) is 0 Å². The van der Waals surface area contributed by atoms with E-state index in [4.69, 9.17) is 0 Å². The van der Waals surface area contributed by atoms with Gasteiger partial charge in [-0.25, -0.2) is 17.6 Å². The fraction of sp³-hybridized carbons (Fsp3) is 0.316. The van der Waals surface area contributed by atoms with Crippen molar-refractivity contribution in [1.82, 2.24) is 10.6 Å². The summed E-state index contributed by atoms with van der Waals surface area (Å²) in [5.74, 6) is -2.79. The molecule has 3 unspecified atom stereocenters. The van der Waals surface area contributed by atoms with Crippen LogP contribution < -0.4 is 10.6 Å². The number of halogens is 4. The molecular formula is C19H19F4N3. The summed E-state index contributed by atoms with van der Waals surface area (Å²) in [6.45, 7) is 1.78. The maximum Gasteiger partial charge on any atom is 0.191 e. The summed E-state index contributed by atoms with van der Waals surface area (Å²) in [4.78, 5) is 4.09. The highest BCUT2D eigenvalue weighted by Gasteiger charge is 2.42. The topological polar surface area (TPSA) is 36.4 Å². The van der Waals surface area contributed by atoms with Crippen molar-refractivity contribution in [2.75, 3.05) is 7.05 Å². The van der Waals surface area contributed by atoms with Gasteiger partial charge in [0.2, 0.25) is 0 Å². The van der Waals surface area contributed by atoms with Gasteiger partial charge in [-0.1, -0.05) is 12.1 Å². The van der Waals surface area contributed by atoms with Gasteiger partial charge in [-0.3, -0.25) is 4.99 Å². The number of rotatable bonds is 4. The first-order chi connectivity index (χ1) is 12.4. The molecule has 1 fully saturated rings. The largest absolute Gasteiger partial charge is 0.353 e. The van der Waals surface area contributed by atoms with Gasteiger partial charge < -0.3 is 10.6 Å². The first-order valence-electron chi connectivity index (χ1n) is 8.29. The molecule has 1 saturated carbocycles. The standard InChI is InChI=1S/C19H19F4N3/c1-10(11-6-7-13(20)16(23)8-11)25-19(24-2)26-17-9-12(17)18-14(21)4-3-5-15(18)22/h3-8,10,12,17H,9H2,1-2H3,(H2,24,25,26). The Kier molecular flexibility index (Phi) is 5.15. The van der Waals surface area contributed by atoms with Gasteiger partial charge in [0.05, 0.1) is 6.04 Å². The maximum absolute atomic E-state index is 13.9. The van der Waals surface area contributed by atoms with Crippen molar-refractivity contribution in [3.63, 3.8) is 0 Å². The van der Waals surface area contributed by atoms with E-state index >= 15 is 0 Å². The summed E-state index contributed by atoms with van der Waals surface area (Å²) in [5, 5.41) is 6.17. The molecule has 0 bridgehead atoms. The van der Waals surface area contributed by atoms with Crippen molar-refractivity contribution in [2.45, 2.75) is 31.3 Å². The molecule has 138 valence electrons. The number of benzene rings is 2. The predicted octanol–water partition coefficient (Wildman–Crippen LogP) is 4.03. The molecule has 26 heavy (non-hydrogen) atoms. The van der Waals surface area contributed by atoms with Gasteiger partial charge in [0.25, 0.3) is 0 Å². The number of nitrogens with one attached hydrogen (secondary N) is 2. The van der Waals surface area contributed by atoms with E-state index in [0.29, 0.717) is 17.9 Å². The van der Waals surface area contributed by atoms with Crippen molar-refractivity contribution < 1.29 is 17.6 Å². The second-order valence-electron chi connectivity index (χ2n) is 6.34. The Morgan fingerprint density at radius 1 is 1.04 bits per heavy atom. The van der Waals surface area contributed by atoms with Gasteiger partial charge in [-0.05, 0) is 43.2 Å². The highest BCUT2D eigenvalue weighted by Crippen LogP contribution is 2.43. The zero-order chi connectivity index (χ0) is 18.8. The first kappa shape index (κ1) is 18.2. The number of guanidine groups is 1. The van der Waals surface area contributed by atoms with E-state index in [9.17, 15) is 17.6 Å². The summed E-state index contributed by atoms with van der Waals surface area (Å²) in [6.07, 6.45) is 0.581. The number of hydrogen-bond donors (Lipinski definition) is 2. The van der Waals surface area contributed by atoms with Crippen LogP contribution in [0, 0.1) is 23.3 Å². The number of nitrogens with zero attached hydrogens (tertiary/aromatic N) is 1. The summed E-state index contributed by atoms with van der Waals surface area (Å²) in [5.41, 5.74) is 0.633. The lowest BCUT2D eigenvalue weighted by Crippen LogP contribution is -2.40. The Balaban J connectivity index is 1.63. The maximum atomic E-state index is 13.9. The van der Waals surface area contributed by atoms with Crippen LogP contribution in [0.15, 0.2) is 41.4 Å². The second kappa shape index (κ2) is 7.35. The smallest absolute Gasteiger partial charge is 0.191 e. The molecule has 3 nitrogen and oxygen atoms in total. The van der Waals surface area contributed by atoms with Crippen LogP contribution in [-0.4, -0.2) is 19.0 Å². The van der Waals surface area contributed by atoms with Crippen molar-refractivity contribution in [3.05, 3.63) is 70.8 Å². The molecular weight excluding hydrogens is 346 g/mol. The van der Waals surface area contributed by atoms with E-state index in [-0.39, 0.29) is 23.6 Å². The van der Waals surface area contributed by atoms with Crippen molar-refractivity contribution in [2.24, 2.45) is 4.99 Å². The molecule has 0 aromatic heterocycles. The Morgan fingerprint density at radius 3 is 2.35 bits per heavy atom. The summed E-state index contributed by atoms with van der Waals surface area (Å²) in [6, 6.07) is 7.01. The zero-order valence-corrected chi connectivity index (χ0v) is 14.4. The van der Waals surface area contributed by atoms with Gasteiger partial charge in [-0.15, -0.1) is 0 Å². The summed E-state index contributed by atoms with van der Waals surface area (Å²) < 4.78 is 54.1. The van der Waals surface area contributed by atoms with E-state index in [0.717, 1.165) is 12.1 Å². The lowest BCUT2D eigenvalue weighted by atomic mass is 10.1. The summed E-state index contributed by atoms with van der Waals surface area (Å²) >= 11 is 0. The molecule has 7 heteroatoms. The predicted molar refractivity (Wildman–Crippen MR) is 91.9 cm³/mol. The van der Waals surface area contributed by atoms with Crippen molar-refractivity contribution in [1.29, 1.82) is 0 Å². The minimum atomic E-state index is -0.920. The lowest BCUT2D eigenvalue weighted by Gasteiger charge is -2.18. The average Bonchev–Trinajstić information content (AvgIpc) is 3.35. The molecule has 3 rings (SSSR count). The third kappa shape index (κ3) is 3.81. The zero-order valence-electron chi connectivity index (χ0n) is 14.4. The monoisotopic (exact) mass is 365 g/mol. The van der Waals surface area contributed by atoms with E-state index in [1.807, 2.05) is 0 Å². The molecule has 1 aliphatic carbocycles. The Morgan fingerprint density at radius 2 is 1.73 bits per heavy atom. The molecule has 3 atom stereocenters. The van der Waals surface area contributed by atoms with E-state index in [2.05, 4.69) is 15.6 Å². The fourth-order valence-corrected chi connectivity index (χ4v) is 2.96. The third-order valence-corrected chi connectivity index (χ3v) is 4.50. The highest BCUT2D eigenvalue weighted by molar-refractivity contribution is 5.81. The molecule has 0 aliphatic heterocycles. The molecule has 2 N–H and O–H groups in total. The molecule has 0 amide bonds. The van der Waals surface area contributed by atoms with Gasteiger partial charge >= 0.3 is 0 Å². The molecule has 0 radical (unpaired) electrons. The molecule has 0 spiro atoms. The van der Waals surface area contributed by atoms with Crippen LogP contribution in [0.4, 0.5) is 17.6 Å². The Bertz CT molecular complexity index is 817. The van der Waals surface area contributed by atoms with Crippen LogP contribution >= 0.6 is 0 Å².